The summed E-state index contributed by atoms with van der Waals surface area (Å²) >= 11 is 7.73. The topological polar surface area (TPSA) is 72.2 Å². The Morgan fingerprint density at radius 2 is 2.15 bits per heavy atom. The van der Waals surface area contributed by atoms with E-state index in [2.05, 4.69) is 11.0 Å². The number of rotatable bonds is 6. The Labute approximate surface area is 133 Å². The Kier molecular flexibility index (Phi) is 5.12. The Morgan fingerprint density at radius 3 is 2.65 bits per heavy atom. The third kappa shape index (κ3) is 3.54. The van der Waals surface area contributed by atoms with E-state index in [1.807, 2.05) is 0 Å². The van der Waals surface area contributed by atoms with Crippen molar-refractivity contribution in [2.24, 2.45) is 5.73 Å². The molecule has 0 bridgehead atoms. The molecule has 0 aromatic carbocycles. The lowest BCUT2D eigenvalue weighted by Crippen LogP contribution is -2.38. The van der Waals surface area contributed by atoms with Crippen molar-refractivity contribution in [1.29, 1.82) is 0 Å². The van der Waals surface area contributed by atoms with Gasteiger partial charge in [-0.25, -0.2) is 13.1 Å². The van der Waals surface area contributed by atoms with Crippen LogP contribution in [-0.2, 0) is 10.0 Å². The van der Waals surface area contributed by atoms with Crippen molar-refractivity contribution in [3.8, 4) is 0 Å². The Bertz CT molecular complexity index is 588. The smallest absolute Gasteiger partial charge is 0.250 e. The van der Waals surface area contributed by atoms with Crippen LogP contribution < -0.4 is 10.5 Å². The highest BCUT2D eigenvalue weighted by atomic mass is 32.2. The Hall–Kier alpha value is -0.150. The summed E-state index contributed by atoms with van der Waals surface area (Å²) in [7, 11) is -3.47. The molecule has 0 radical (unpaired) electrons. The molecule has 20 heavy (non-hydrogen) atoms. The Balaban J connectivity index is 2.08. The minimum absolute atomic E-state index is 0.0519. The van der Waals surface area contributed by atoms with E-state index in [0.29, 0.717) is 11.4 Å². The van der Waals surface area contributed by atoms with Crippen molar-refractivity contribution in [2.75, 3.05) is 12.8 Å². The van der Waals surface area contributed by atoms with Crippen LogP contribution in [0.5, 0.6) is 0 Å². The number of nitrogens with one attached hydrogen (secondary N) is 1. The Morgan fingerprint density at radius 1 is 1.50 bits per heavy atom. The second-order valence-electron chi connectivity index (χ2n) is 4.90. The molecule has 1 aromatic rings. The predicted molar refractivity (Wildman–Crippen MR) is 90.1 cm³/mol. The van der Waals surface area contributed by atoms with Gasteiger partial charge < -0.3 is 5.73 Å². The van der Waals surface area contributed by atoms with Crippen LogP contribution in [-0.4, -0.2) is 31.0 Å². The van der Waals surface area contributed by atoms with Gasteiger partial charge >= 0.3 is 0 Å². The van der Waals surface area contributed by atoms with Gasteiger partial charge in [0.05, 0.1) is 4.88 Å². The van der Waals surface area contributed by atoms with Crippen LogP contribution in [0, 0.1) is 0 Å². The third-order valence-corrected chi connectivity index (χ3v) is 8.40. The lowest BCUT2D eigenvalue weighted by molar-refractivity contribution is 0.552. The normalized spacial score (nSPS) is 18.2. The van der Waals surface area contributed by atoms with Crippen LogP contribution in [0.1, 0.15) is 30.6 Å². The molecule has 0 unspecified atom stereocenters. The first kappa shape index (κ1) is 16.2. The first-order valence-electron chi connectivity index (χ1n) is 6.33. The highest BCUT2D eigenvalue weighted by Gasteiger charge is 2.34. The van der Waals surface area contributed by atoms with Crippen LogP contribution in [0.2, 0.25) is 0 Å². The van der Waals surface area contributed by atoms with Crippen molar-refractivity contribution in [1.82, 2.24) is 4.72 Å². The quantitative estimate of drug-likeness (QED) is 0.771. The van der Waals surface area contributed by atoms with Crippen LogP contribution >= 0.6 is 35.3 Å². The largest absolute Gasteiger partial charge is 0.389 e. The van der Waals surface area contributed by atoms with Gasteiger partial charge in [0.2, 0.25) is 10.0 Å². The standard InChI is InChI=1S/C12H18N2O2S4/c1-18-12(6-2-3-7-12)8-14-20(15,16)10-5-4-9(19-10)11(13)17/h4-5,14H,2-3,6-8H2,1H3,(H2,13,17). The zero-order valence-corrected chi connectivity index (χ0v) is 14.5. The molecule has 8 heteroatoms. The summed E-state index contributed by atoms with van der Waals surface area (Å²) in [4.78, 5) is 0.855. The molecule has 0 atom stereocenters. The molecule has 1 aromatic heterocycles. The van der Waals surface area contributed by atoms with Gasteiger partial charge in [-0.3, -0.25) is 0 Å². The van der Waals surface area contributed by atoms with E-state index in [0.717, 1.165) is 24.2 Å². The van der Waals surface area contributed by atoms with E-state index in [4.69, 9.17) is 18.0 Å². The molecule has 2 rings (SSSR count). The number of hydrogen-bond donors (Lipinski definition) is 2. The minimum Gasteiger partial charge on any atom is -0.389 e. The van der Waals surface area contributed by atoms with Gasteiger partial charge in [-0.05, 0) is 31.2 Å². The zero-order chi connectivity index (χ0) is 14.8. The number of thiophene rings is 1. The molecule has 1 saturated carbocycles. The molecule has 0 aliphatic heterocycles. The molecule has 0 spiro atoms. The maximum absolute atomic E-state index is 12.3. The zero-order valence-electron chi connectivity index (χ0n) is 11.2. The fraction of sp³-hybridized carbons (Fsp3) is 0.583. The van der Waals surface area contributed by atoms with Gasteiger partial charge in [0.15, 0.2) is 0 Å². The van der Waals surface area contributed by atoms with E-state index < -0.39 is 10.0 Å². The first-order chi connectivity index (χ1) is 9.38. The second kappa shape index (κ2) is 6.31. The van der Waals surface area contributed by atoms with Gasteiger partial charge in [-0.15, -0.1) is 11.3 Å². The summed E-state index contributed by atoms with van der Waals surface area (Å²) in [5, 5.41) is 0. The fourth-order valence-corrected chi connectivity index (χ4v) is 5.90. The van der Waals surface area contributed by atoms with Crippen molar-refractivity contribution < 1.29 is 8.42 Å². The van der Waals surface area contributed by atoms with Gasteiger partial charge in [-0.2, -0.15) is 11.8 Å². The molecule has 0 saturated heterocycles. The molecule has 0 amide bonds. The predicted octanol–water partition coefficient (Wildman–Crippen LogP) is 2.34. The van der Waals surface area contributed by atoms with Gasteiger partial charge in [0.25, 0.3) is 0 Å². The molecule has 1 fully saturated rings. The summed E-state index contributed by atoms with van der Waals surface area (Å²) in [6.07, 6.45) is 6.54. The average Bonchev–Trinajstić information content (AvgIpc) is 3.07. The second-order valence-corrected chi connectivity index (χ2v) is 9.69. The number of thiocarbonyl (C=S) groups is 1. The summed E-state index contributed by atoms with van der Waals surface area (Å²) in [6.45, 7) is 0.483. The monoisotopic (exact) mass is 350 g/mol. The summed E-state index contributed by atoms with van der Waals surface area (Å²) in [6, 6.07) is 3.21. The molecule has 4 nitrogen and oxygen atoms in total. The van der Waals surface area contributed by atoms with Crippen molar-refractivity contribution in [3.63, 3.8) is 0 Å². The van der Waals surface area contributed by atoms with E-state index in [1.54, 1.807) is 23.9 Å². The average molecular weight is 351 g/mol. The van der Waals surface area contributed by atoms with E-state index in [9.17, 15) is 8.42 Å². The summed E-state index contributed by atoms with van der Waals surface area (Å²) < 4.78 is 27.6. The number of thioether (sulfide) groups is 1. The van der Waals surface area contributed by atoms with Gasteiger partial charge in [-0.1, -0.05) is 25.1 Å². The van der Waals surface area contributed by atoms with E-state index >= 15 is 0 Å². The van der Waals surface area contributed by atoms with Crippen molar-refractivity contribution in [3.05, 3.63) is 17.0 Å². The molecular weight excluding hydrogens is 332 g/mol. The van der Waals surface area contributed by atoms with Gasteiger partial charge in [0.1, 0.15) is 9.20 Å². The van der Waals surface area contributed by atoms with Gasteiger partial charge in [0, 0.05) is 11.3 Å². The summed E-state index contributed by atoms with van der Waals surface area (Å²) in [5.74, 6) is 0. The molecule has 1 aliphatic carbocycles. The number of sulfonamides is 1. The molecule has 112 valence electrons. The third-order valence-electron chi connectivity index (χ3n) is 3.62. The highest BCUT2D eigenvalue weighted by Crippen LogP contribution is 2.39. The van der Waals surface area contributed by atoms with Crippen LogP contribution in [0.3, 0.4) is 0 Å². The van der Waals surface area contributed by atoms with Crippen LogP contribution in [0.25, 0.3) is 0 Å². The van der Waals surface area contributed by atoms with Crippen molar-refractivity contribution in [2.45, 2.75) is 34.6 Å². The van der Waals surface area contributed by atoms with E-state index in [1.165, 1.54) is 12.8 Å². The SMILES string of the molecule is CSC1(CNS(=O)(=O)c2ccc(C(N)=S)s2)CCCC1. The first-order valence-corrected chi connectivity index (χ1v) is 10.3. The molecule has 1 aliphatic rings. The van der Waals surface area contributed by atoms with Crippen LogP contribution in [0.4, 0.5) is 0 Å². The highest BCUT2D eigenvalue weighted by molar-refractivity contribution is 8.00. The lowest BCUT2D eigenvalue weighted by atomic mass is 10.1. The summed E-state index contributed by atoms with van der Waals surface area (Å²) in [5.41, 5.74) is 5.51. The maximum Gasteiger partial charge on any atom is 0.250 e. The molecule has 1 heterocycles. The molecule has 3 N–H and O–H groups in total. The fourth-order valence-electron chi connectivity index (χ4n) is 2.37. The number of hydrogen-bond acceptors (Lipinski definition) is 5. The van der Waals surface area contributed by atoms with E-state index in [-0.39, 0.29) is 13.9 Å². The van der Waals surface area contributed by atoms with Crippen molar-refractivity contribution >= 4 is 50.3 Å². The number of nitrogens with two attached hydrogens (primary N) is 1. The lowest BCUT2D eigenvalue weighted by Gasteiger charge is -2.26. The maximum atomic E-state index is 12.3. The molecular formula is C12H18N2O2S4. The van der Waals surface area contributed by atoms with Crippen LogP contribution in [0.15, 0.2) is 16.3 Å². The minimum atomic E-state index is -3.47.